The minimum Gasteiger partial charge on any atom is -0.337 e. The molecule has 2 heterocycles. The molecule has 2 aromatic carbocycles. The molecule has 0 spiro atoms. The Kier molecular flexibility index (Phi) is 7.10. The highest BCUT2D eigenvalue weighted by Gasteiger charge is 2.30. The molecule has 1 amide bonds. The maximum atomic E-state index is 12.7. The molecule has 1 aromatic heterocycles. The van der Waals surface area contributed by atoms with Crippen molar-refractivity contribution < 1.29 is 9.32 Å². The van der Waals surface area contributed by atoms with Crippen molar-refractivity contribution in [2.45, 2.75) is 25.9 Å². The zero-order chi connectivity index (χ0) is 22.7. The van der Waals surface area contributed by atoms with E-state index in [1.165, 1.54) is 0 Å². The average molecular weight is 474 g/mol. The van der Waals surface area contributed by atoms with E-state index in [9.17, 15) is 4.79 Å². The van der Waals surface area contributed by atoms with E-state index in [-0.39, 0.29) is 18.0 Å². The van der Waals surface area contributed by atoms with Crippen molar-refractivity contribution in [3.05, 3.63) is 64.5 Å². The van der Waals surface area contributed by atoms with E-state index in [4.69, 9.17) is 27.7 Å². The van der Waals surface area contributed by atoms with Gasteiger partial charge in [-0.1, -0.05) is 64.8 Å². The van der Waals surface area contributed by atoms with Crippen molar-refractivity contribution in [3.8, 4) is 11.4 Å². The third-order valence-corrected chi connectivity index (χ3v) is 6.68. The van der Waals surface area contributed by atoms with Gasteiger partial charge in [0.05, 0.1) is 27.8 Å². The summed E-state index contributed by atoms with van der Waals surface area (Å²) in [6.07, 6.45) is 0. The molecular weight excluding hydrogens is 449 g/mol. The number of carbonyl (C=O) groups excluding carboxylic acids is 1. The van der Waals surface area contributed by atoms with Gasteiger partial charge in [0.25, 0.3) is 0 Å². The summed E-state index contributed by atoms with van der Waals surface area (Å²) in [5.74, 6) is 1.08. The summed E-state index contributed by atoms with van der Waals surface area (Å²) in [5.41, 5.74) is 1.45. The summed E-state index contributed by atoms with van der Waals surface area (Å²) < 4.78 is 5.53. The fraction of sp³-hybridized carbons (Fsp3) is 0.348. The molecule has 1 fully saturated rings. The number of hydrogen-bond donors (Lipinski definition) is 1. The second-order valence-corrected chi connectivity index (χ2v) is 8.62. The molecule has 7 nitrogen and oxygen atoms in total. The van der Waals surface area contributed by atoms with Gasteiger partial charge in [0.2, 0.25) is 17.6 Å². The van der Waals surface area contributed by atoms with Gasteiger partial charge in [0, 0.05) is 31.7 Å². The van der Waals surface area contributed by atoms with Crippen molar-refractivity contribution in [1.82, 2.24) is 19.9 Å². The van der Waals surface area contributed by atoms with Crippen molar-refractivity contribution in [3.63, 3.8) is 0 Å². The summed E-state index contributed by atoms with van der Waals surface area (Å²) in [5, 5.41) is 7.77. The Labute approximate surface area is 197 Å². The standard InChI is InChI=1S/C23H25Cl2N5O2/c1-15(22(31)26-19-10-6-9-18(24)20(19)25)29-11-13-30(14-12-29)16(2)23-27-21(28-32-23)17-7-4-3-5-8-17/h3-10,15-16H,11-14H2,1-2H3,(H,26,31). The summed E-state index contributed by atoms with van der Waals surface area (Å²) in [6.45, 7) is 7.05. The van der Waals surface area contributed by atoms with E-state index in [0.29, 0.717) is 27.4 Å². The minimum absolute atomic E-state index is 0.00323. The molecule has 168 valence electrons. The monoisotopic (exact) mass is 473 g/mol. The van der Waals surface area contributed by atoms with Gasteiger partial charge in [-0.3, -0.25) is 14.6 Å². The second-order valence-electron chi connectivity index (χ2n) is 7.84. The number of amides is 1. The maximum Gasteiger partial charge on any atom is 0.244 e. The fourth-order valence-electron chi connectivity index (χ4n) is 3.78. The summed E-state index contributed by atoms with van der Waals surface area (Å²) >= 11 is 12.2. The van der Waals surface area contributed by atoms with Crippen molar-refractivity contribution in [2.75, 3.05) is 31.5 Å². The normalized spacial score (nSPS) is 17.1. The molecule has 1 aliphatic heterocycles. The molecule has 2 atom stereocenters. The molecule has 2 unspecified atom stereocenters. The van der Waals surface area contributed by atoms with Gasteiger partial charge >= 0.3 is 0 Å². The highest BCUT2D eigenvalue weighted by atomic mass is 35.5. The molecule has 1 N–H and O–H groups in total. The largest absolute Gasteiger partial charge is 0.337 e. The van der Waals surface area contributed by atoms with Crippen molar-refractivity contribution in [1.29, 1.82) is 0 Å². The van der Waals surface area contributed by atoms with Gasteiger partial charge in [-0.05, 0) is 26.0 Å². The van der Waals surface area contributed by atoms with Crippen LogP contribution in [0.2, 0.25) is 10.0 Å². The molecule has 1 saturated heterocycles. The van der Waals surface area contributed by atoms with Crippen molar-refractivity contribution >= 4 is 34.8 Å². The average Bonchev–Trinajstić information content (AvgIpc) is 3.32. The number of nitrogens with one attached hydrogen (secondary N) is 1. The van der Waals surface area contributed by atoms with Crippen LogP contribution in [-0.4, -0.2) is 58.1 Å². The Balaban J connectivity index is 1.33. The smallest absolute Gasteiger partial charge is 0.244 e. The van der Waals surface area contributed by atoms with E-state index < -0.39 is 0 Å². The molecule has 1 aliphatic rings. The molecule has 0 bridgehead atoms. The topological polar surface area (TPSA) is 74.5 Å². The first-order valence-electron chi connectivity index (χ1n) is 10.6. The lowest BCUT2D eigenvalue weighted by molar-refractivity contribution is -0.121. The van der Waals surface area contributed by atoms with Crippen molar-refractivity contribution in [2.24, 2.45) is 0 Å². The third kappa shape index (κ3) is 4.96. The number of piperazine rings is 1. The van der Waals surface area contributed by atoms with Crippen LogP contribution in [-0.2, 0) is 4.79 Å². The molecule has 32 heavy (non-hydrogen) atoms. The Morgan fingerprint density at radius 1 is 1.00 bits per heavy atom. The predicted molar refractivity (Wildman–Crippen MR) is 126 cm³/mol. The Bertz CT molecular complexity index is 1070. The van der Waals surface area contributed by atoms with E-state index in [1.807, 2.05) is 37.3 Å². The number of hydrogen-bond acceptors (Lipinski definition) is 6. The molecule has 4 rings (SSSR count). The van der Waals surface area contributed by atoms with Gasteiger partial charge in [0.1, 0.15) is 0 Å². The zero-order valence-corrected chi connectivity index (χ0v) is 19.5. The number of anilines is 1. The van der Waals surface area contributed by atoms with E-state index >= 15 is 0 Å². The first kappa shape index (κ1) is 22.7. The fourth-order valence-corrected chi connectivity index (χ4v) is 4.13. The Morgan fingerprint density at radius 2 is 1.69 bits per heavy atom. The molecular formula is C23H25Cl2N5O2. The van der Waals surface area contributed by atoms with Gasteiger partial charge in [-0.2, -0.15) is 4.98 Å². The summed E-state index contributed by atoms with van der Waals surface area (Å²) in [7, 11) is 0. The number of nitrogens with zero attached hydrogens (tertiary/aromatic N) is 4. The van der Waals surface area contributed by atoms with Crippen LogP contribution < -0.4 is 5.32 Å². The highest BCUT2D eigenvalue weighted by molar-refractivity contribution is 6.44. The number of rotatable bonds is 6. The van der Waals surface area contributed by atoms with Gasteiger partial charge in [0.15, 0.2) is 0 Å². The van der Waals surface area contributed by atoms with Gasteiger partial charge < -0.3 is 9.84 Å². The van der Waals surface area contributed by atoms with Crippen LogP contribution in [0, 0.1) is 0 Å². The Morgan fingerprint density at radius 3 is 2.41 bits per heavy atom. The summed E-state index contributed by atoms with van der Waals surface area (Å²) in [4.78, 5) is 21.8. The first-order chi connectivity index (χ1) is 15.4. The highest BCUT2D eigenvalue weighted by Crippen LogP contribution is 2.30. The van der Waals surface area contributed by atoms with E-state index in [1.54, 1.807) is 18.2 Å². The number of aromatic nitrogens is 2. The summed E-state index contributed by atoms with van der Waals surface area (Å²) in [6, 6.07) is 14.7. The number of carbonyl (C=O) groups is 1. The van der Waals surface area contributed by atoms with Crippen LogP contribution in [0.4, 0.5) is 5.69 Å². The molecule has 9 heteroatoms. The molecule has 3 aromatic rings. The van der Waals surface area contributed by atoms with Gasteiger partial charge in [-0.25, -0.2) is 0 Å². The third-order valence-electron chi connectivity index (χ3n) is 5.86. The van der Waals surface area contributed by atoms with Gasteiger partial charge in [-0.15, -0.1) is 0 Å². The lowest BCUT2D eigenvalue weighted by atomic mass is 10.1. The first-order valence-corrected chi connectivity index (χ1v) is 11.3. The lowest BCUT2D eigenvalue weighted by Gasteiger charge is -2.39. The van der Waals surface area contributed by atoms with Crippen LogP contribution in [0.25, 0.3) is 11.4 Å². The lowest BCUT2D eigenvalue weighted by Crippen LogP contribution is -2.53. The van der Waals surface area contributed by atoms with Crippen LogP contribution in [0.1, 0.15) is 25.8 Å². The molecule has 0 radical (unpaired) electrons. The van der Waals surface area contributed by atoms with E-state index in [0.717, 1.165) is 31.7 Å². The molecule has 0 aliphatic carbocycles. The van der Waals surface area contributed by atoms with Crippen LogP contribution in [0.15, 0.2) is 53.1 Å². The zero-order valence-electron chi connectivity index (χ0n) is 18.0. The van der Waals surface area contributed by atoms with Crippen LogP contribution in [0.5, 0.6) is 0 Å². The predicted octanol–water partition coefficient (Wildman–Crippen LogP) is 4.75. The van der Waals surface area contributed by atoms with Crippen LogP contribution in [0.3, 0.4) is 0 Å². The van der Waals surface area contributed by atoms with Crippen LogP contribution >= 0.6 is 23.2 Å². The minimum atomic E-state index is -0.296. The quantitative estimate of drug-likeness (QED) is 0.556. The second kappa shape index (κ2) is 10.0. The Hall–Kier alpha value is -2.45. The number of halogens is 2. The SMILES string of the molecule is CC(C(=O)Nc1cccc(Cl)c1Cl)N1CCN(C(C)c2nc(-c3ccccc3)no2)CC1. The van der Waals surface area contributed by atoms with E-state index in [2.05, 4.69) is 32.2 Å². The molecule has 0 saturated carbocycles. The number of benzene rings is 2. The maximum absolute atomic E-state index is 12.7.